The molecule has 0 spiro atoms. The van der Waals surface area contributed by atoms with Gasteiger partial charge in [-0.2, -0.15) is 0 Å². The highest BCUT2D eigenvalue weighted by Crippen LogP contribution is 2.13. The predicted molar refractivity (Wildman–Crippen MR) is 93.6 cm³/mol. The fourth-order valence-corrected chi connectivity index (χ4v) is 2.81. The van der Waals surface area contributed by atoms with E-state index in [2.05, 4.69) is 21.1 Å². The second-order valence-electron chi connectivity index (χ2n) is 7.30. The van der Waals surface area contributed by atoms with Gasteiger partial charge in [-0.1, -0.05) is 64.2 Å². The van der Waals surface area contributed by atoms with Gasteiger partial charge >= 0.3 is 0 Å². The lowest BCUT2D eigenvalue weighted by atomic mass is 10.0. The molecular weight excluding hydrogens is 266 g/mol. The van der Waals surface area contributed by atoms with Crippen LogP contribution in [0.25, 0.3) is 0 Å². The van der Waals surface area contributed by atoms with E-state index in [1.165, 1.54) is 90.0 Å². The van der Waals surface area contributed by atoms with Crippen molar-refractivity contribution in [1.29, 1.82) is 0 Å². The minimum Gasteiger partial charge on any atom is -0.331 e. The smallest absolute Gasteiger partial charge is 0.0780 e. The summed E-state index contributed by atoms with van der Waals surface area (Å²) >= 11 is 5.67. The standard InChI is InChI=1S/C18H39ClN/c1-20(2,3)18-16-14-12-10-8-6-4-5-7-9-11-13-15-17-19/h4-18H2,1-3H3/q+1. The molecule has 0 bridgehead atoms. The molecule has 0 aliphatic rings. The SMILES string of the molecule is C[N+](C)(C)CCCCCCCCCCCCCCCCl. The van der Waals surface area contributed by atoms with Gasteiger partial charge in [0.15, 0.2) is 0 Å². The van der Waals surface area contributed by atoms with E-state index < -0.39 is 0 Å². The van der Waals surface area contributed by atoms with Crippen molar-refractivity contribution in [3.8, 4) is 0 Å². The molecule has 0 unspecified atom stereocenters. The van der Waals surface area contributed by atoms with Crippen molar-refractivity contribution in [2.24, 2.45) is 0 Å². The summed E-state index contributed by atoms with van der Waals surface area (Å²) in [6.45, 7) is 1.32. The summed E-state index contributed by atoms with van der Waals surface area (Å²) in [4.78, 5) is 0. The van der Waals surface area contributed by atoms with Gasteiger partial charge in [-0.15, -0.1) is 11.6 Å². The molecule has 0 aromatic heterocycles. The topological polar surface area (TPSA) is 0 Å². The van der Waals surface area contributed by atoms with Gasteiger partial charge in [-0.25, -0.2) is 0 Å². The molecule has 0 rings (SSSR count). The van der Waals surface area contributed by atoms with Crippen molar-refractivity contribution in [2.75, 3.05) is 33.6 Å². The molecule has 1 nitrogen and oxygen atoms in total. The summed E-state index contributed by atoms with van der Waals surface area (Å²) in [6, 6.07) is 0. The summed E-state index contributed by atoms with van der Waals surface area (Å²) < 4.78 is 1.12. The first-order valence-corrected chi connectivity index (χ1v) is 9.46. The fourth-order valence-electron chi connectivity index (χ4n) is 2.63. The van der Waals surface area contributed by atoms with Crippen LogP contribution >= 0.6 is 11.6 Å². The monoisotopic (exact) mass is 304 g/mol. The Morgan fingerprint density at radius 1 is 0.500 bits per heavy atom. The van der Waals surface area contributed by atoms with Crippen LogP contribution < -0.4 is 0 Å². The number of unbranched alkanes of at least 4 members (excludes halogenated alkanes) is 12. The molecule has 0 N–H and O–H groups in total. The Morgan fingerprint density at radius 3 is 1.10 bits per heavy atom. The van der Waals surface area contributed by atoms with Gasteiger partial charge in [0.2, 0.25) is 0 Å². The number of halogens is 1. The van der Waals surface area contributed by atoms with E-state index in [0.29, 0.717) is 0 Å². The van der Waals surface area contributed by atoms with Crippen LogP contribution in [-0.4, -0.2) is 38.1 Å². The molecule has 122 valence electrons. The Kier molecular flexibility index (Phi) is 14.4. The first-order chi connectivity index (χ1) is 9.56. The van der Waals surface area contributed by atoms with Crippen molar-refractivity contribution in [2.45, 2.75) is 83.5 Å². The first kappa shape index (κ1) is 20.2. The highest BCUT2D eigenvalue weighted by Gasteiger charge is 2.04. The number of rotatable bonds is 15. The van der Waals surface area contributed by atoms with Crippen LogP contribution in [0.15, 0.2) is 0 Å². The number of hydrogen-bond acceptors (Lipinski definition) is 0. The van der Waals surface area contributed by atoms with Crippen LogP contribution in [0.4, 0.5) is 0 Å². The third kappa shape index (κ3) is 18.2. The van der Waals surface area contributed by atoms with Crippen LogP contribution in [-0.2, 0) is 0 Å². The Labute approximate surface area is 133 Å². The van der Waals surface area contributed by atoms with Crippen molar-refractivity contribution in [3.05, 3.63) is 0 Å². The Hall–Kier alpha value is 0.250. The van der Waals surface area contributed by atoms with Gasteiger partial charge in [0, 0.05) is 5.88 Å². The van der Waals surface area contributed by atoms with Crippen LogP contribution in [0, 0.1) is 0 Å². The lowest BCUT2D eigenvalue weighted by Gasteiger charge is -2.23. The van der Waals surface area contributed by atoms with E-state index in [1.807, 2.05) is 0 Å². The van der Waals surface area contributed by atoms with Crippen LogP contribution in [0.5, 0.6) is 0 Å². The first-order valence-electron chi connectivity index (χ1n) is 8.93. The Balaban J connectivity index is 2.99. The summed E-state index contributed by atoms with van der Waals surface area (Å²) in [5, 5.41) is 0. The second-order valence-corrected chi connectivity index (χ2v) is 7.68. The molecule has 0 aliphatic heterocycles. The van der Waals surface area contributed by atoms with Gasteiger partial charge in [0.25, 0.3) is 0 Å². The molecule has 0 saturated carbocycles. The lowest BCUT2D eigenvalue weighted by Crippen LogP contribution is -2.35. The summed E-state index contributed by atoms with van der Waals surface area (Å²) in [5.74, 6) is 0.842. The lowest BCUT2D eigenvalue weighted by molar-refractivity contribution is -0.870. The number of hydrogen-bond donors (Lipinski definition) is 0. The molecule has 2 heteroatoms. The fraction of sp³-hybridized carbons (Fsp3) is 1.00. The maximum atomic E-state index is 5.67. The van der Waals surface area contributed by atoms with Crippen molar-refractivity contribution >= 4 is 11.6 Å². The van der Waals surface area contributed by atoms with E-state index in [4.69, 9.17) is 11.6 Å². The maximum Gasteiger partial charge on any atom is 0.0780 e. The minimum absolute atomic E-state index is 0.842. The zero-order valence-corrected chi connectivity index (χ0v) is 15.2. The average Bonchev–Trinajstić information content (AvgIpc) is 2.38. The van der Waals surface area contributed by atoms with Crippen LogP contribution in [0.3, 0.4) is 0 Å². The third-order valence-corrected chi connectivity index (χ3v) is 4.23. The number of quaternary nitrogens is 1. The third-order valence-electron chi connectivity index (χ3n) is 3.96. The molecule has 0 heterocycles. The van der Waals surface area contributed by atoms with E-state index in [1.54, 1.807) is 0 Å². The van der Waals surface area contributed by atoms with Crippen molar-refractivity contribution in [1.82, 2.24) is 0 Å². The normalized spacial score (nSPS) is 12.0. The van der Waals surface area contributed by atoms with E-state index >= 15 is 0 Å². The van der Waals surface area contributed by atoms with E-state index in [-0.39, 0.29) is 0 Å². The average molecular weight is 305 g/mol. The van der Waals surface area contributed by atoms with Gasteiger partial charge in [0.1, 0.15) is 0 Å². The molecular formula is C18H39ClN+. The zero-order valence-electron chi connectivity index (χ0n) is 14.4. The van der Waals surface area contributed by atoms with Gasteiger partial charge < -0.3 is 4.48 Å². The van der Waals surface area contributed by atoms with Crippen LogP contribution in [0.1, 0.15) is 83.5 Å². The van der Waals surface area contributed by atoms with E-state index in [9.17, 15) is 0 Å². The maximum absolute atomic E-state index is 5.67. The quantitative estimate of drug-likeness (QED) is 0.198. The minimum atomic E-state index is 0.842. The molecule has 0 fully saturated rings. The summed E-state index contributed by atoms with van der Waals surface area (Å²) in [5.41, 5.74) is 0. The van der Waals surface area contributed by atoms with Gasteiger partial charge in [-0.3, -0.25) is 0 Å². The van der Waals surface area contributed by atoms with E-state index in [0.717, 1.165) is 10.4 Å². The molecule has 0 aromatic rings. The van der Waals surface area contributed by atoms with Gasteiger partial charge in [0.05, 0.1) is 27.7 Å². The molecule has 0 aliphatic carbocycles. The predicted octanol–water partition coefficient (Wildman–Crippen LogP) is 6.00. The molecule has 0 saturated heterocycles. The van der Waals surface area contributed by atoms with Gasteiger partial charge in [-0.05, 0) is 19.3 Å². The molecule has 0 amide bonds. The number of alkyl halides is 1. The molecule has 0 aromatic carbocycles. The zero-order chi connectivity index (χ0) is 15.1. The Morgan fingerprint density at radius 2 is 0.800 bits per heavy atom. The second kappa shape index (κ2) is 14.2. The highest BCUT2D eigenvalue weighted by molar-refractivity contribution is 6.17. The summed E-state index contributed by atoms with van der Waals surface area (Å²) in [7, 11) is 6.86. The Bertz CT molecular complexity index is 186. The van der Waals surface area contributed by atoms with Crippen molar-refractivity contribution in [3.63, 3.8) is 0 Å². The molecule has 20 heavy (non-hydrogen) atoms. The summed E-state index contributed by atoms with van der Waals surface area (Å²) in [6.07, 6.45) is 18.3. The molecule has 0 atom stereocenters. The molecule has 0 radical (unpaired) electrons. The number of nitrogens with zero attached hydrogens (tertiary/aromatic N) is 1. The van der Waals surface area contributed by atoms with Crippen molar-refractivity contribution < 1.29 is 4.48 Å². The largest absolute Gasteiger partial charge is 0.331 e. The highest BCUT2D eigenvalue weighted by atomic mass is 35.5. The van der Waals surface area contributed by atoms with Crippen LogP contribution in [0.2, 0.25) is 0 Å².